The van der Waals surface area contributed by atoms with E-state index in [2.05, 4.69) is 5.16 Å². The molecule has 0 bridgehead atoms. The predicted octanol–water partition coefficient (Wildman–Crippen LogP) is 1.60. The van der Waals surface area contributed by atoms with Gasteiger partial charge in [-0.1, -0.05) is 35.5 Å². The lowest BCUT2D eigenvalue weighted by molar-refractivity contribution is 0.0752. The van der Waals surface area contributed by atoms with Gasteiger partial charge < -0.3 is 9.42 Å². The van der Waals surface area contributed by atoms with E-state index in [1.807, 2.05) is 30.3 Å². The van der Waals surface area contributed by atoms with E-state index in [0.29, 0.717) is 18.7 Å². The molecular formula is C15H16N2O4S. The Kier molecular flexibility index (Phi) is 3.74. The fraction of sp³-hybridized carbons (Fsp3) is 0.333. The number of carbonyl (C=O) groups excluding carboxylic acids is 1. The van der Waals surface area contributed by atoms with Crippen LogP contribution in [0.1, 0.15) is 17.0 Å². The average Bonchev–Trinajstić information content (AvgIpc) is 3.16. The van der Waals surface area contributed by atoms with Gasteiger partial charge in [-0.3, -0.25) is 4.79 Å². The quantitative estimate of drug-likeness (QED) is 0.858. The molecule has 116 valence electrons. The number of nitrogens with zero attached hydrogens (tertiary/aromatic N) is 2. The molecule has 0 radical (unpaired) electrons. The summed E-state index contributed by atoms with van der Waals surface area (Å²) in [6.07, 6.45) is 1.66. The fourth-order valence-electron chi connectivity index (χ4n) is 2.54. The standard InChI is InChI=1S/C15H16N2O4S/c1-22(19,20)12-7-8-17(10-12)15(18)14-9-13(16-21-14)11-5-3-2-4-6-11/h2-6,9,12H,7-8,10H2,1H3. The van der Waals surface area contributed by atoms with Gasteiger partial charge in [0.2, 0.25) is 5.76 Å². The topological polar surface area (TPSA) is 80.5 Å². The lowest BCUT2D eigenvalue weighted by Gasteiger charge is -2.13. The first-order chi connectivity index (χ1) is 10.4. The smallest absolute Gasteiger partial charge is 0.292 e. The average molecular weight is 320 g/mol. The second-order valence-corrected chi connectivity index (χ2v) is 7.76. The molecule has 0 aliphatic carbocycles. The first-order valence-corrected chi connectivity index (χ1v) is 8.91. The zero-order valence-corrected chi connectivity index (χ0v) is 12.9. The highest BCUT2D eigenvalue weighted by molar-refractivity contribution is 7.91. The maximum atomic E-state index is 12.4. The Balaban J connectivity index is 1.76. The molecule has 7 heteroatoms. The second kappa shape index (κ2) is 5.57. The molecule has 0 saturated carbocycles. The van der Waals surface area contributed by atoms with E-state index in [0.717, 1.165) is 5.56 Å². The first-order valence-electron chi connectivity index (χ1n) is 6.95. The molecule has 1 saturated heterocycles. The summed E-state index contributed by atoms with van der Waals surface area (Å²) in [5.41, 5.74) is 1.45. The molecule has 1 aromatic carbocycles. The van der Waals surface area contributed by atoms with Crippen molar-refractivity contribution in [2.75, 3.05) is 19.3 Å². The predicted molar refractivity (Wildman–Crippen MR) is 81.1 cm³/mol. The van der Waals surface area contributed by atoms with E-state index < -0.39 is 15.1 Å². The van der Waals surface area contributed by atoms with Crippen LogP contribution in [0, 0.1) is 0 Å². The maximum absolute atomic E-state index is 12.4. The molecule has 6 nitrogen and oxygen atoms in total. The molecule has 22 heavy (non-hydrogen) atoms. The first kappa shape index (κ1) is 14.8. The third-order valence-corrected chi connectivity index (χ3v) is 5.42. The number of likely N-dealkylation sites (tertiary alicyclic amines) is 1. The summed E-state index contributed by atoms with van der Waals surface area (Å²) in [5, 5.41) is 3.41. The number of aromatic nitrogens is 1. The molecule has 1 fully saturated rings. The van der Waals surface area contributed by atoms with E-state index in [1.165, 1.54) is 11.2 Å². The van der Waals surface area contributed by atoms with Crippen LogP contribution in [0.15, 0.2) is 40.9 Å². The number of hydrogen-bond acceptors (Lipinski definition) is 5. The Morgan fingerprint density at radius 2 is 2.05 bits per heavy atom. The molecule has 1 aromatic heterocycles. The number of benzene rings is 1. The van der Waals surface area contributed by atoms with Gasteiger partial charge in [0, 0.05) is 31.0 Å². The summed E-state index contributed by atoms with van der Waals surface area (Å²) in [4.78, 5) is 13.9. The lowest BCUT2D eigenvalue weighted by atomic mass is 10.1. The van der Waals surface area contributed by atoms with Gasteiger partial charge >= 0.3 is 0 Å². The highest BCUT2D eigenvalue weighted by Crippen LogP contribution is 2.22. The zero-order chi connectivity index (χ0) is 15.7. The van der Waals surface area contributed by atoms with Crippen LogP contribution in [-0.2, 0) is 9.84 Å². The van der Waals surface area contributed by atoms with Gasteiger partial charge in [-0.05, 0) is 6.42 Å². The molecule has 1 unspecified atom stereocenters. The van der Waals surface area contributed by atoms with Crippen LogP contribution in [0.2, 0.25) is 0 Å². The number of rotatable bonds is 3. The normalized spacial score (nSPS) is 18.6. The van der Waals surface area contributed by atoms with Gasteiger partial charge in [-0.15, -0.1) is 0 Å². The summed E-state index contributed by atoms with van der Waals surface area (Å²) >= 11 is 0. The molecule has 1 aliphatic rings. The summed E-state index contributed by atoms with van der Waals surface area (Å²) < 4.78 is 28.2. The van der Waals surface area contributed by atoms with Crippen LogP contribution in [0.3, 0.4) is 0 Å². The van der Waals surface area contributed by atoms with E-state index in [4.69, 9.17) is 4.52 Å². The molecule has 0 N–H and O–H groups in total. The van der Waals surface area contributed by atoms with E-state index in [-0.39, 0.29) is 18.2 Å². The SMILES string of the molecule is CS(=O)(=O)C1CCN(C(=O)c2cc(-c3ccccc3)no2)C1. The van der Waals surface area contributed by atoms with E-state index >= 15 is 0 Å². The van der Waals surface area contributed by atoms with Gasteiger partial charge in [0.05, 0.1) is 5.25 Å². The minimum atomic E-state index is -3.13. The van der Waals surface area contributed by atoms with Crippen molar-refractivity contribution in [3.8, 4) is 11.3 Å². The van der Waals surface area contributed by atoms with Crippen molar-refractivity contribution in [3.63, 3.8) is 0 Å². The molecule has 2 heterocycles. The summed E-state index contributed by atoms with van der Waals surface area (Å²) in [7, 11) is -3.13. The summed E-state index contributed by atoms with van der Waals surface area (Å²) in [5.74, 6) is -0.186. The second-order valence-electron chi connectivity index (χ2n) is 5.43. The highest BCUT2D eigenvalue weighted by atomic mass is 32.2. The Hall–Kier alpha value is -2.15. The van der Waals surface area contributed by atoms with Crippen molar-refractivity contribution < 1.29 is 17.7 Å². The van der Waals surface area contributed by atoms with Crippen LogP contribution in [0.5, 0.6) is 0 Å². The summed E-state index contributed by atoms with van der Waals surface area (Å²) in [6.45, 7) is 0.622. The fourth-order valence-corrected chi connectivity index (χ4v) is 3.52. The van der Waals surface area contributed by atoms with Crippen LogP contribution in [0.4, 0.5) is 0 Å². The van der Waals surface area contributed by atoms with Crippen molar-refractivity contribution in [3.05, 3.63) is 42.2 Å². The number of sulfone groups is 1. The Bertz CT molecular complexity index is 783. The lowest BCUT2D eigenvalue weighted by Crippen LogP contribution is -2.31. The molecule has 1 amide bonds. The number of hydrogen-bond donors (Lipinski definition) is 0. The van der Waals surface area contributed by atoms with Crippen molar-refractivity contribution in [2.45, 2.75) is 11.7 Å². The van der Waals surface area contributed by atoms with E-state index in [9.17, 15) is 13.2 Å². The minimum absolute atomic E-state index is 0.132. The Morgan fingerprint density at radius 1 is 1.32 bits per heavy atom. The van der Waals surface area contributed by atoms with Gasteiger partial charge in [0.25, 0.3) is 5.91 Å². The third-order valence-electron chi connectivity index (χ3n) is 3.83. The largest absolute Gasteiger partial charge is 0.350 e. The van der Waals surface area contributed by atoms with Crippen LogP contribution >= 0.6 is 0 Å². The van der Waals surface area contributed by atoms with Gasteiger partial charge in [-0.2, -0.15) is 0 Å². The van der Waals surface area contributed by atoms with Gasteiger partial charge in [0.15, 0.2) is 9.84 Å². The monoisotopic (exact) mass is 320 g/mol. The van der Waals surface area contributed by atoms with Crippen LogP contribution < -0.4 is 0 Å². The molecule has 2 aromatic rings. The van der Waals surface area contributed by atoms with Crippen molar-refractivity contribution in [2.24, 2.45) is 0 Å². The number of amides is 1. The molecule has 0 spiro atoms. The number of carbonyl (C=O) groups is 1. The van der Waals surface area contributed by atoms with Crippen molar-refractivity contribution in [1.29, 1.82) is 0 Å². The van der Waals surface area contributed by atoms with Crippen molar-refractivity contribution >= 4 is 15.7 Å². The molecule has 3 rings (SSSR count). The third kappa shape index (κ3) is 2.89. The summed E-state index contributed by atoms with van der Waals surface area (Å²) in [6, 6.07) is 11.0. The van der Waals surface area contributed by atoms with Crippen LogP contribution in [-0.4, -0.2) is 49.0 Å². The minimum Gasteiger partial charge on any atom is -0.350 e. The van der Waals surface area contributed by atoms with Gasteiger partial charge in [0.1, 0.15) is 5.69 Å². The maximum Gasteiger partial charge on any atom is 0.292 e. The van der Waals surface area contributed by atoms with E-state index in [1.54, 1.807) is 6.07 Å². The van der Waals surface area contributed by atoms with Crippen molar-refractivity contribution in [1.82, 2.24) is 10.1 Å². The Morgan fingerprint density at radius 3 is 2.68 bits per heavy atom. The zero-order valence-electron chi connectivity index (χ0n) is 12.1. The Labute approximate surface area is 128 Å². The highest BCUT2D eigenvalue weighted by Gasteiger charge is 2.34. The molecule has 1 atom stereocenters. The molecular weight excluding hydrogens is 304 g/mol. The molecule has 1 aliphatic heterocycles. The van der Waals surface area contributed by atoms with Gasteiger partial charge in [-0.25, -0.2) is 8.42 Å². The van der Waals surface area contributed by atoms with Crippen LogP contribution in [0.25, 0.3) is 11.3 Å².